The smallest absolute Gasteiger partial charge is 0.151 e. The number of aryl methyl sites for hydroxylation is 1. The van der Waals surface area contributed by atoms with Crippen LogP contribution in [-0.4, -0.2) is 19.9 Å². The standard InChI is InChI=1S/C19H21NO3/c1-14-9-5-8-12-18(14)23-13-16-10-6-7-11-17(16)19(20-22-4)15(2)21-3/h5-12H,2,13H2,1,3-4H3/b20-19-. The fourth-order valence-electron chi connectivity index (χ4n) is 2.19. The van der Waals surface area contributed by atoms with E-state index in [4.69, 9.17) is 14.3 Å². The molecule has 23 heavy (non-hydrogen) atoms. The van der Waals surface area contributed by atoms with Crippen LogP contribution >= 0.6 is 0 Å². The Balaban J connectivity index is 2.28. The second kappa shape index (κ2) is 8.03. The molecule has 0 spiro atoms. The Morgan fingerprint density at radius 1 is 1.04 bits per heavy atom. The molecule has 0 bridgehead atoms. The van der Waals surface area contributed by atoms with Crippen LogP contribution in [0.25, 0.3) is 0 Å². The third kappa shape index (κ3) is 4.13. The van der Waals surface area contributed by atoms with Gasteiger partial charge in [0.1, 0.15) is 25.2 Å². The number of methoxy groups -OCH3 is 1. The minimum Gasteiger partial charge on any atom is -0.495 e. The van der Waals surface area contributed by atoms with Crippen molar-refractivity contribution in [3.63, 3.8) is 0 Å². The van der Waals surface area contributed by atoms with Gasteiger partial charge >= 0.3 is 0 Å². The number of rotatable bonds is 7. The van der Waals surface area contributed by atoms with E-state index >= 15 is 0 Å². The van der Waals surface area contributed by atoms with E-state index < -0.39 is 0 Å². The van der Waals surface area contributed by atoms with Crippen LogP contribution in [0, 0.1) is 6.92 Å². The van der Waals surface area contributed by atoms with Gasteiger partial charge in [-0.3, -0.25) is 0 Å². The van der Waals surface area contributed by atoms with Crippen molar-refractivity contribution in [3.8, 4) is 5.75 Å². The zero-order chi connectivity index (χ0) is 16.7. The molecule has 0 saturated heterocycles. The first-order valence-electron chi connectivity index (χ1n) is 7.28. The van der Waals surface area contributed by atoms with Crippen LogP contribution in [0.5, 0.6) is 5.75 Å². The van der Waals surface area contributed by atoms with E-state index in [1.165, 1.54) is 7.11 Å². The van der Waals surface area contributed by atoms with Crippen LogP contribution in [0.15, 0.2) is 66.0 Å². The summed E-state index contributed by atoms with van der Waals surface area (Å²) in [5, 5.41) is 4.03. The number of benzene rings is 2. The number of hydrogen-bond acceptors (Lipinski definition) is 4. The molecule has 4 heteroatoms. The second-order valence-electron chi connectivity index (χ2n) is 4.96. The van der Waals surface area contributed by atoms with E-state index in [1.807, 2.05) is 55.5 Å². The van der Waals surface area contributed by atoms with Crippen LogP contribution in [0.3, 0.4) is 0 Å². The molecule has 0 aliphatic carbocycles. The van der Waals surface area contributed by atoms with Crippen molar-refractivity contribution >= 4 is 5.71 Å². The predicted molar refractivity (Wildman–Crippen MR) is 91.6 cm³/mol. The molecule has 4 nitrogen and oxygen atoms in total. The lowest BCUT2D eigenvalue weighted by atomic mass is 10.0. The zero-order valence-corrected chi connectivity index (χ0v) is 13.7. The van der Waals surface area contributed by atoms with E-state index in [0.29, 0.717) is 18.1 Å². The normalized spacial score (nSPS) is 11.0. The van der Waals surface area contributed by atoms with Crippen molar-refractivity contribution < 1.29 is 14.3 Å². The fourth-order valence-corrected chi connectivity index (χ4v) is 2.19. The number of nitrogens with zero attached hydrogens (tertiary/aromatic N) is 1. The summed E-state index contributed by atoms with van der Waals surface area (Å²) in [4.78, 5) is 4.92. The lowest BCUT2D eigenvalue weighted by molar-refractivity contribution is 0.210. The van der Waals surface area contributed by atoms with Gasteiger partial charge in [-0.2, -0.15) is 0 Å². The van der Waals surface area contributed by atoms with E-state index in [9.17, 15) is 0 Å². The fraction of sp³-hybridized carbons (Fsp3) is 0.211. The van der Waals surface area contributed by atoms with E-state index in [0.717, 1.165) is 22.4 Å². The highest BCUT2D eigenvalue weighted by atomic mass is 16.6. The first kappa shape index (κ1) is 16.6. The minimum atomic E-state index is 0.417. The molecule has 0 saturated carbocycles. The molecule has 0 heterocycles. The molecule has 2 rings (SSSR count). The highest BCUT2D eigenvalue weighted by molar-refractivity contribution is 6.11. The quantitative estimate of drug-likeness (QED) is 0.439. The maximum atomic E-state index is 5.94. The Morgan fingerprint density at radius 3 is 2.43 bits per heavy atom. The van der Waals surface area contributed by atoms with Gasteiger partial charge < -0.3 is 14.3 Å². The summed E-state index contributed by atoms with van der Waals surface area (Å²) < 4.78 is 11.1. The summed E-state index contributed by atoms with van der Waals surface area (Å²) in [6.45, 7) is 6.31. The van der Waals surface area contributed by atoms with Gasteiger partial charge in [0.15, 0.2) is 5.71 Å². The van der Waals surface area contributed by atoms with Crippen molar-refractivity contribution in [2.45, 2.75) is 13.5 Å². The van der Waals surface area contributed by atoms with Crippen molar-refractivity contribution in [2.75, 3.05) is 14.2 Å². The number of para-hydroxylation sites is 1. The summed E-state index contributed by atoms with van der Waals surface area (Å²) in [7, 11) is 3.05. The van der Waals surface area contributed by atoms with Gasteiger partial charge in [0, 0.05) is 5.56 Å². The molecule has 0 aliphatic heterocycles. The van der Waals surface area contributed by atoms with Crippen LogP contribution in [0.4, 0.5) is 0 Å². The molecule has 2 aromatic carbocycles. The van der Waals surface area contributed by atoms with Gasteiger partial charge in [-0.1, -0.05) is 54.2 Å². The lowest BCUT2D eigenvalue weighted by Crippen LogP contribution is -2.11. The molecule has 0 radical (unpaired) electrons. The maximum Gasteiger partial charge on any atom is 0.151 e. The van der Waals surface area contributed by atoms with Crippen LogP contribution in [0.1, 0.15) is 16.7 Å². The molecule has 0 N–H and O–H groups in total. The summed E-state index contributed by atoms with van der Waals surface area (Å²) in [6.07, 6.45) is 0. The van der Waals surface area contributed by atoms with Crippen LogP contribution in [-0.2, 0) is 16.2 Å². The molecule has 0 unspecified atom stereocenters. The van der Waals surface area contributed by atoms with Crippen LogP contribution < -0.4 is 4.74 Å². The molecule has 2 aromatic rings. The van der Waals surface area contributed by atoms with Gasteiger partial charge in [0.05, 0.1) is 7.11 Å². The average molecular weight is 311 g/mol. The van der Waals surface area contributed by atoms with Gasteiger partial charge in [0.25, 0.3) is 0 Å². The Hall–Kier alpha value is -2.75. The van der Waals surface area contributed by atoms with E-state index in [1.54, 1.807) is 7.11 Å². The first-order valence-corrected chi connectivity index (χ1v) is 7.28. The van der Waals surface area contributed by atoms with Crippen LogP contribution in [0.2, 0.25) is 0 Å². The van der Waals surface area contributed by atoms with Crippen molar-refractivity contribution in [1.82, 2.24) is 0 Å². The second-order valence-corrected chi connectivity index (χ2v) is 4.96. The number of hydrogen-bond donors (Lipinski definition) is 0. The van der Waals surface area contributed by atoms with Crippen molar-refractivity contribution in [3.05, 3.63) is 77.6 Å². The number of allylic oxidation sites excluding steroid dienone is 1. The molecule has 0 amide bonds. The maximum absolute atomic E-state index is 5.94. The van der Waals surface area contributed by atoms with Gasteiger partial charge in [-0.15, -0.1) is 0 Å². The summed E-state index contributed by atoms with van der Waals surface area (Å²) in [5.74, 6) is 1.30. The average Bonchev–Trinajstić information content (AvgIpc) is 2.59. The van der Waals surface area contributed by atoms with Gasteiger partial charge in [0.2, 0.25) is 0 Å². The Morgan fingerprint density at radius 2 is 1.74 bits per heavy atom. The first-order chi connectivity index (χ1) is 11.2. The SMILES string of the molecule is C=C(OC)/C(=N/OC)c1ccccc1COc1ccccc1C. The Kier molecular flexibility index (Phi) is 5.80. The third-order valence-electron chi connectivity index (χ3n) is 3.44. The molecule has 0 atom stereocenters. The number of ether oxygens (including phenoxy) is 2. The highest BCUT2D eigenvalue weighted by Gasteiger charge is 2.14. The third-order valence-corrected chi connectivity index (χ3v) is 3.44. The molecular weight excluding hydrogens is 290 g/mol. The van der Waals surface area contributed by atoms with Crippen molar-refractivity contribution in [1.29, 1.82) is 0 Å². The molecule has 0 aliphatic rings. The highest BCUT2D eigenvalue weighted by Crippen LogP contribution is 2.21. The largest absolute Gasteiger partial charge is 0.495 e. The molecular formula is C19H21NO3. The number of oxime groups is 1. The summed E-state index contributed by atoms with van der Waals surface area (Å²) in [5.41, 5.74) is 3.50. The monoisotopic (exact) mass is 311 g/mol. The molecule has 120 valence electrons. The summed E-state index contributed by atoms with van der Waals surface area (Å²) >= 11 is 0. The summed E-state index contributed by atoms with van der Waals surface area (Å²) in [6, 6.07) is 15.7. The van der Waals surface area contributed by atoms with Crippen molar-refractivity contribution in [2.24, 2.45) is 5.16 Å². The van der Waals surface area contributed by atoms with E-state index in [-0.39, 0.29) is 0 Å². The lowest BCUT2D eigenvalue weighted by Gasteiger charge is -2.14. The topological polar surface area (TPSA) is 40.0 Å². The van der Waals surface area contributed by atoms with E-state index in [2.05, 4.69) is 11.7 Å². The minimum absolute atomic E-state index is 0.417. The van der Waals surface area contributed by atoms with Gasteiger partial charge in [-0.05, 0) is 24.1 Å². The zero-order valence-electron chi connectivity index (χ0n) is 13.7. The molecule has 0 fully saturated rings. The Labute approximate surface area is 137 Å². The predicted octanol–water partition coefficient (Wildman–Crippen LogP) is 4.08. The molecule has 0 aromatic heterocycles. The Bertz CT molecular complexity index is 707. The van der Waals surface area contributed by atoms with Gasteiger partial charge in [-0.25, -0.2) is 0 Å².